The molecule has 384 valence electrons. The molecule has 11 nitrogen and oxygen atoms in total. The zero-order chi connectivity index (χ0) is 55.4. The predicted octanol–water partition coefficient (Wildman–Crippen LogP) is 13.9. The fourth-order valence-electron chi connectivity index (χ4n) is 9.24. The molecule has 0 atom stereocenters. The van der Waals surface area contributed by atoms with E-state index in [2.05, 4.69) is 23.7 Å². The van der Waals surface area contributed by atoms with Crippen LogP contribution in [-0.2, 0) is 0 Å². The normalized spacial score (nSPS) is 12.1. The van der Waals surface area contributed by atoms with Crippen molar-refractivity contribution >= 4 is 46.6 Å². The van der Waals surface area contributed by atoms with Gasteiger partial charge in [-0.3, -0.25) is 28.8 Å². The van der Waals surface area contributed by atoms with E-state index in [9.17, 15) is 28.8 Å². The number of ether oxygens (including phenoxy) is 3. The van der Waals surface area contributed by atoms with Crippen LogP contribution in [0, 0.1) is 23.7 Å². The number of amides is 4. The summed E-state index contributed by atoms with van der Waals surface area (Å²) in [4.78, 5) is 84.1. The third-order valence-electron chi connectivity index (χ3n) is 13.4. The number of benzene rings is 10. The van der Waals surface area contributed by atoms with E-state index in [1.54, 1.807) is 133 Å². The average Bonchev–Trinajstić information content (AvgIpc) is 3.96. The third kappa shape index (κ3) is 10.6. The van der Waals surface area contributed by atoms with Gasteiger partial charge in [0.1, 0.15) is 34.5 Å². The monoisotopic (exact) mass is 1050 g/mol. The Morgan fingerprint density at radius 3 is 0.938 bits per heavy atom. The Hall–Kier alpha value is -11.7. The first-order chi connectivity index (χ1) is 39.6. The summed E-state index contributed by atoms with van der Waals surface area (Å²) in [6.45, 7) is 0. The molecule has 2 aliphatic rings. The molecule has 0 unspecified atom stereocenters. The Morgan fingerprint density at radius 1 is 0.272 bits per heavy atom. The van der Waals surface area contributed by atoms with E-state index < -0.39 is 23.6 Å². The summed E-state index contributed by atoms with van der Waals surface area (Å²) < 4.78 is 18.4. The highest BCUT2D eigenvalue weighted by molar-refractivity contribution is 6.35. The summed E-state index contributed by atoms with van der Waals surface area (Å²) >= 11 is 0. The molecule has 2 aliphatic heterocycles. The van der Waals surface area contributed by atoms with Crippen LogP contribution >= 0.6 is 0 Å². The fourth-order valence-corrected chi connectivity index (χ4v) is 9.24. The van der Waals surface area contributed by atoms with Gasteiger partial charge in [0.25, 0.3) is 23.6 Å². The second-order valence-electron chi connectivity index (χ2n) is 18.7. The van der Waals surface area contributed by atoms with Crippen LogP contribution in [0.3, 0.4) is 0 Å². The predicted molar refractivity (Wildman–Crippen MR) is 306 cm³/mol. The molecule has 11 heteroatoms. The SMILES string of the molecule is O=C(c1ccc(C#Cc2ccccc2)cc1)c1ccc(Oc2cccc(N3C(=O)c4ccc(Oc5ccc6c(c5)C(=O)N(c5cccc(Oc7ccc(C(=O)c8ccc(C#Cc9ccccc9)cc8)cc7)c5)C6=O)cc4C3=O)c2)cc1. The van der Waals surface area contributed by atoms with Crippen LogP contribution in [0.2, 0.25) is 0 Å². The number of hydrogen-bond acceptors (Lipinski definition) is 9. The molecule has 10 aromatic rings. The molecule has 12 rings (SSSR count). The smallest absolute Gasteiger partial charge is 0.266 e. The van der Waals surface area contributed by atoms with Gasteiger partial charge in [-0.1, -0.05) is 72.2 Å². The summed E-state index contributed by atoms with van der Waals surface area (Å²) in [5.74, 6) is 11.9. The van der Waals surface area contributed by atoms with Gasteiger partial charge in [0.2, 0.25) is 0 Å². The molecule has 0 saturated carbocycles. The fraction of sp³-hybridized carbons (Fsp3) is 0. The van der Waals surface area contributed by atoms with Crippen molar-refractivity contribution < 1.29 is 43.0 Å². The molecule has 0 radical (unpaired) electrons. The van der Waals surface area contributed by atoms with E-state index in [-0.39, 0.29) is 56.7 Å². The van der Waals surface area contributed by atoms with Gasteiger partial charge in [-0.2, -0.15) is 0 Å². The van der Waals surface area contributed by atoms with Gasteiger partial charge in [0, 0.05) is 56.6 Å². The van der Waals surface area contributed by atoms with Gasteiger partial charge >= 0.3 is 0 Å². The van der Waals surface area contributed by atoms with Gasteiger partial charge in [-0.05, 0) is 182 Å². The molecule has 2 heterocycles. The Morgan fingerprint density at radius 2 is 0.568 bits per heavy atom. The van der Waals surface area contributed by atoms with Gasteiger partial charge in [0.15, 0.2) is 11.6 Å². The number of imide groups is 2. The number of carbonyl (C=O) groups excluding carboxylic acids is 6. The summed E-state index contributed by atoms with van der Waals surface area (Å²) in [6.07, 6.45) is 0. The lowest BCUT2D eigenvalue weighted by Crippen LogP contribution is -2.29. The lowest BCUT2D eigenvalue weighted by Gasteiger charge is -2.15. The summed E-state index contributed by atoms with van der Waals surface area (Å²) in [6, 6.07) is 69.0. The number of ketones is 2. The molecular weight excluding hydrogens is 1010 g/mol. The number of nitrogens with zero attached hydrogens (tertiary/aromatic N) is 2. The number of carbonyl (C=O) groups is 6. The maximum atomic E-state index is 13.9. The first-order valence-corrected chi connectivity index (χ1v) is 25.5. The molecule has 10 aromatic carbocycles. The maximum Gasteiger partial charge on any atom is 0.266 e. The van der Waals surface area contributed by atoms with Crippen LogP contribution in [-0.4, -0.2) is 35.2 Å². The Bertz CT molecular complexity index is 4030. The van der Waals surface area contributed by atoms with E-state index in [4.69, 9.17) is 14.2 Å². The van der Waals surface area contributed by atoms with Crippen molar-refractivity contribution in [2.75, 3.05) is 9.80 Å². The standard InChI is InChI=1S/C70H40N2O9/c73-65(49-25-21-47(22-26-49)19-17-45-9-3-1-4-10-45)51-29-33-55(34-30-51)79-57-15-7-13-53(41-57)71-67(75)61-39-37-59(43-63(61)69(71)77)81-60-38-40-62-64(44-60)70(78)72(68(62)76)54-14-8-16-58(42-54)80-56-35-31-52(32-36-56)66(74)50-27-23-48(24-28-50)20-18-46-11-5-2-6-12-46/h1-16,21-44H. The zero-order valence-electron chi connectivity index (χ0n) is 42.7. The Kier molecular flexibility index (Phi) is 13.5. The quantitative estimate of drug-likeness (QED) is 0.0665. The second-order valence-corrected chi connectivity index (χ2v) is 18.7. The van der Waals surface area contributed by atoms with Crippen molar-refractivity contribution in [2.24, 2.45) is 0 Å². The highest BCUT2D eigenvalue weighted by Crippen LogP contribution is 2.38. The average molecular weight is 1050 g/mol. The molecule has 0 fully saturated rings. The Labute approximate surface area is 464 Å². The lowest BCUT2D eigenvalue weighted by atomic mass is 10.0. The van der Waals surface area contributed by atoms with Gasteiger partial charge < -0.3 is 14.2 Å². The van der Waals surface area contributed by atoms with Crippen molar-refractivity contribution in [3.05, 3.63) is 309 Å². The van der Waals surface area contributed by atoms with Gasteiger partial charge in [-0.15, -0.1) is 0 Å². The summed E-state index contributed by atoms with van der Waals surface area (Å²) in [5, 5.41) is 0. The molecule has 0 aliphatic carbocycles. The first kappa shape index (κ1) is 50.2. The van der Waals surface area contributed by atoms with Crippen LogP contribution in [0.25, 0.3) is 0 Å². The van der Waals surface area contributed by atoms with Crippen molar-refractivity contribution in [1.82, 2.24) is 0 Å². The third-order valence-corrected chi connectivity index (χ3v) is 13.4. The highest BCUT2D eigenvalue weighted by Gasteiger charge is 2.39. The van der Waals surface area contributed by atoms with Crippen LogP contribution in [0.5, 0.6) is 34.5 Å². The van der Waals surface area contributed by atoms with Crippen molar-refractivity contribution in [2.45, 2.75) is 0 Å². The minimum Gasteiger partial charge on any atom is -0.457 e. The van der Waals surface area contributed by atoms with Crippen LogP contribution < -0.4 is 24.0 Å². The van der Waals surface area contributed by atoms with Gasteiger partial charge in [0.05, 0.1) is 33.6 Å². The topological polar surface area (TPSA) is 137 Å². The Balaban J connectivity index is 0.667. The van der Waals surface area contributed by atoms with Crippen molar-refractivity contribution in [1.29, 1.82) is 0 Å². The first-order valence-electron chi connectivity index (χ1n) is 25.5. The minimum absolute atomic E-state index is 0.108. The van der Waals surface area contributed by atoms with Gasteiger partial charge in [-0.25, -0.2) is 9.80 Å². The maximum absolute atomic E-state index is 13.9. The lowest BCUT2D eigenvalue weighted by molar-refractivity contribution is 0.0910. The highest BCUT2D eigenvalue weighted by atomic mass is 16.5. The number of fused-ring (bicyclic) bond motifs is 2. The number of anilines is 2. The van der Waals surface area contributed by atoms with Crippen LogP contribution in [0.4, 0.5) is 11.4 Å². The molecular formula is C70H40N2O9. The molecule has 81 heavy (non-hydrogen) atoms. The summed E-state index contributed by atoms with van der Waals surface area (Å²) in [7, 11) is 0. The van der Waals surface area contributed by atoms with Crippen molar-refractivity contribution in [3.63, 3.8) is 0 Å². The van der Waals surface area contributed by atoms with E-state index in [0.717, 1.165) is 32.1 Å². The molecule has 4 amide bonds. The molecule has 0 N–H and O–H groups in total. The van der Waals surface area contributed by atoms with E-state index >= 15 is 0 Å². The molecule has 0 aromatic heterocycles. The minimum atomic E-state index is -0.580. The van der Waals surface area contributed by atoms with Crippen molar-refractivity contribution in [3.8, 4) is 58.2 Å². The van der Waals surface area contributed by atoms with E-state index in [0.29, 0.717) is 45.3 Å². The number of rotatable bonds is 12. The molecule has 0 saturated heterocycles. The largest absolute Gasteiger partial charge is 0.457 e. The van der Waals surface area contributed by atoms with Crippen LogP contribution in [0.15, 0.2) is 243 Å². The molecule has 0 spiro atoms. The number of hydrogen-bond donors (Lipinski definition) is 0. The van der Waals surface area contributed by atoms with Crippen LogP contribution in [0.1, 0.15) is 95.5 Å². The zero-order valence-corrected chi connectivity index (χ0v) is 42.7. The second kappa shape index (κ2) is 21.8. The summed E-state index contributed by atoms with van der Waals surface area (Å²) in [5.41, 5.74) is 6.44. The van der Waals surface area contributed by atoms with E-state index in [1.165, 1.54) is 24.3 Å². The molecule has 0 bridgehead atoms. The van der Waals surface area contributed by atoms with E-state index in [1.807, 2.05) is 84.9 Å².